The molecule has 5 nitrogen and oxygen atoms in total. The van der Waals surface area contributed by atoms with Gasteiger partial charge in [0.15, 0.2) is 0 Å². The molecule has 2 N–H and O–H groups in total. The molecule has 0 aliphatic rings. The molecule has 0 bridgehead atoms. The SMILES string of the molecule is CC(CCCOc1ccccc1)(OP(=O)(O)O)c1ccccc1. The molecule has 124 valence electrons. The first kappa shape index (κ1) is 17.7. The van der Waals surface area contributed by atoms with Crippen molar-refractivity contribution in [3.05, 3.63) is 66.2 Å². The highest BCUT2D eigenvalue weighted by atomic mass is 31.2. The zero-order chi connectivity index (χ0) is 16.8. The highest BCUT2D eigenvalue weighted by molar-refractivity contribution is 7.46. The van der Waals surface area contributed by atoms with Crippen molar-refractivity contribution in [2.24, 2.45) is 0 Å². The van der Waals surface area contributed by atoms with Gasteiger partial charge in [-0.25, -0.2) is 4.57 Å². The summed E-state index contributed by atoms with van der Waals surface area (Å²) in [5.41, 5.74) is -0.344. The summed E-state index contributed by atoms with van der Waals surface area (Å²) in [6.07, 6.45) is 1.02. The number of para-hydroxylation sites is 1. The van der Waals surface area contributed by atoms with Gasteiger partial charge >= 0.3 is 7.82 Å². The second-order valence-electron chi connectivity index (χ2n) is 5.44. The van der Waals surface area contributed by atoms with Gasteiger partial charge in [-0.15, -0.1) is 0 Å². The lowest BCUT2D eigenvalue weighted by Crippen LogP contribution is -2.25. The van der Waals surface area contributed by atoms with Crippen LogP contribution in [0.3, 0.4) is 0 Å². The van der Waals surface area contributed by atoms with Crippen LogP contribution in [0.5, 0.6) is 5.75 Å². The lowest BCUT2D eigenvalue weighted by molar-refractivity contribution is 0.0341. The van der Waals surface area contributed by atoms with Gasteiger partial charge in [0.05, 0.1) is 6.61 Å². The van der Waals surface area contributed by atoms with Crippen molar-refractivity contribution in [1.29, 1.82) is 0 Å². The molecule has 0 aliphatic heterocycles. The minimum atomic E-state index is -4.60. The fourth-order valence-corrected chi connectivity index (χ4v) is 3.13. The monoisotopic (exact) mass is 336 g/mol. The van der Waals surface area contributed by atoms with Crippen LogP contribution in [0.2, 0.25) is 0 Å². The minimum absolute atomic E-state index is 0.426. The maximum absolute atomic E-state index is 11.3. The molecule has 0 fully saturated rings. The van der Waals surface area contributed by atoms with Crippen LogP contribution >= 0.6 is 7.82 Å². The molecule has 0 aliphatic carbocycles. The Bertz CT molecular complexity index is 641. The molecule has 2 rings (SSSR count). The molecule has 23 heavy (non-hydrogen) atoms. The Kier molecular flexibility index (Phi) is 5.97. The summed E-state index contributed by atoms with van der Waals surface area (Å²) in [6, 6.07) is 18.5. The predicted molar refractivity (Wildman–Crippen MR) is 88.1 cm³/mol. The summed E-state index contributed by atoms with van der Waals surface area (Å²) >= 11 is 0. The second-order valence-corrected chi connectivity index (χ2v) is 6.61. The molecule has 6 heteroatoms. The standard InChI is InChI=1S/C17H21O5P/c1-17(22-23(18,19)20,15-9-4-2-5-10-15)13-8-14-21-16-11-6-3-7-12-16/h2-7,9-12H,8,13-14H2,1H3,(H2,18,19,20). The summed E-state index contributed by atoms with van der Waals surface area (Å²) in [5, 5.41) is 0. The van der Waals surface area contributed by atoms with Gasteiger partial charge in [0.25, 0.3) is 0 Å². The smallest absolute Gasteiger partial charge is 0.470 e. The summed E-state index contributed by atoms with van der Waals surface area (Å²) in [6.45, 7) is 2.13. The van der Waals surface area contributed by atoms with Gasteiger partial charge in [0.1, 0.15) is 11.4 Å². The number of hydrogen-bond donors (Lipinski definition) is 2. The predicted octanol–water partition coefficient (Wildman–Crippen LogP) is 3.87. The van der Waals surface area contributed by atoms with Crippen molar-refractivity contribution in [3.8, 4) is 5.75 Å². The van der Waals surface area contributed by atoms with Crippen molar-refractivity contribution < 1.29 is 23.6 Å². The first-order valence-corrected chi connectivity index (χ1v) is 8.92. The number of rotatable bonds is 8. The first-order valence-electron chi connectivity index (χ1n) is 7.39. The van der Waals surface area contributed by atoms with Crippen molar-refractivity contribution in [1.82, 2.24) is 0 Å². The van der Waals surface area contributed by atoms with Gasteiger partial charge in [-0.1, -0.05) is 48.5 Å². The van der Waals surface area contributed by atoms with Crippen LogP contribution in [-0.4, -0.2) is 16.4 Å². The van der Waals surface area contributed by atoms with E-state index in [0.717, 1.165) is 11.3 Å². The third-order valence-corrected chi connectivity index (χ3v) is 4.16. The normalized spacial score (nSPS) is 14.2. The van der Waals surface area contributed by atoms with E-state index in [1.165, 1.54) is 0 Å². The molecule has 0 spiro atoms. The Labute approximate surface area is 136 Å². The highest BCUT2D eigenvalue weighted by Gasteiger charge is 2.34. The quantitative estimate of drug-likeness (QED) is 0.565. The van der Waals surface area contributed by atoms with Crippen molar-refractivity contribution >= 4 is 7.82 Å². The Hall–Kier alpha value is -1.65. The van der Waals surface area contributed by atoms with Gasteiger partial charge in [-0.05, 0) is 37.5 Å². The molecular weight excluding hydrogens is 315 g/mol. The van der Waals surface area contributed by atoms with Crippen LogP contribution in [0.15, 0.2) is 60.7 Å². The lowest BCUT2D eigenvalue weighted by Gasteiger charge is -2.30. The largest absolute Gasteiger partial charge is 0.494 e. The topological polar surface area (TPSA) is 76.0 Å². The Morgan fingerprint density at radius 1 is 1.00 bits per heavy atom. The Balaban J connectivity index is 1.99. The average Bonchev–Trinajstić information content (AvgIpc) is 2.52. The summed E-state index contributed by atoms with van der Waals surface area (Å²) in [4.78, 5) is 18.4. The van der Waals surface area contributed by atoms with Crippen LogP contribution in [0.1, 0.15) is 25.3 Å². The van der Waals surface area contributed by atoms with Crippen LogP contribution in [0.25, 0.3) is 0 Å². The molecule has 2 aromatic carbocycles. The van der Waals surface area contributed by atoms with E-state index in [1.54, 1.807) is 19.1 Å². The van der Waals surface area contributed by atoms with Crippen LogP contribution < -0.4 is 4.74 Å². The van der Waals surface area contributed by atoms with E-state index in [4.69, 9.17) is 9.26 Å². The number of ether oxygens (including phenoxy) is 1. The Morgan fingerprint density at radius 3 is 2.13 bits per heavy atom. The van der Waals surface area contributed by atoms with Crippen LogP contribution in [0, 0.1) is 0 Å². The molecular formula is C17H21O5P. The molecule has 0 saturated heterocycles. The maximum Gasteiger partial charge on any atom is 0.470 e. The Morgan fingerprint density at radius 2 is 1.57 bits per heavy atom. The maximum atomic E-state index is 11.3. The third-order valence-electron chi connectivity index (χ3n) is 3.51. The summed E-state index contributed by atoms with van der Waals surface area (Å²) in [7, 11) is -4.60. The van der Waals surface area contributed by atoms with E-state index >= 15 is 0 Å². The van der Waals surface area contributed by atoms with E-state index in [9.17, 15) is 14.4 Å². The molecule has 0 radical (unpaired) electrons. The van der Waals surface area contributed by atoms with E-state index < -0.39 is 13.4 Å². The van der Waals surface area contributed by atoms with Crippen molar-refractivity contribution in [3.63, 3.8) is 0 Å². The van der Waals surface area contributed by atoms with Crippen LogP contribution in [0.4, 0.5) is 0 Å². The fourth-order valence-electron chi connectivity index (χ4n) is 2.41. The van der Waals surface area contributed by atoms with E-state index in [0.29, 0.717) is 19.4 Å². The van der Waals surface area contributed by atoms with Gasteiger partial charge < -0.3 is 14.5 Å². The zero-order valence-corrected chi connectivity index (χ0v) is 13.9. The molecule has 0 amide bonds. The lowest BCUT2D eigenvalue weighted by atomic mass is 9.91. The van der Waals surface area contributed by atoms with Gasteiger partial charge in [0.2, 0.25) is 0 Å². The van der Waals surface area contributed by atoms with E-state index in [1.807, 2.05) is 48.5 Å². The third kappa shape index (κ3) is 5.81. The van der Waals surface area contributed by atoms with Crippen molar-refractivity contribution in [2.45, 2.75) is 25.4 Å². The molecule has 0 saturated carbocycles. The van der Waals surface area contributed by atoms with Crippen molar-refractivity contribution in [2.75, 3.05) is 6.61 Å². The number of hydrogen-bond acceptors (Lipinski definition) is 3. The van der Waals surface area contributed by atoms with Gasteiger partial charge in [0, 0.05) is 0 Å². The molecule has 0 aromatic heterocycles. The molecule has 1 atom stereocenters. The van der Waals surface area contributed by atoms with E-state index in [2.05, 4.69) is 0 Å². The molecule has 1 unspecified atom stereocenters. The van der Waals surface area contributed by atoms with Gasteiger partial charge in [-0.2, -0.15) is 0 Å². The molecule has 0 heterocycles. The first-order chi connectivity index (χ1) is 10.9. The minimum Gasteiger partial charge on any atom is -0.494 e. The number of phosphoric ester groups is 1. The van der Waals surface area contributed by atoms with Gasteiger partial charge in [-0.3, -0.25) is 4.52 Å². The van der Waals surface area contributed by atoms with Crippen LogP contribution in [-0.2, 0) is 14.7 Å². The van der Waals surface area contributed by atoms with E-state index in [-0.39, 0.29) is 0 Å². The summed E-state index contributed by atoms with van der Waals surface area (Å²) in [5.74, 6) is 0.768. The second kappa shape index (κ2) is 7.75. The average molecular weight is 336 g/mol. The fraction of sp³-hybridized carbons (Fsp3) is 0.294. The number of phosphoric acid groups is 1. The summed E-state index contributed by atoms with van der Waals surface area (Å²) < 4.78 is 22.0. The highest BCUT2D eigenvalue weighted by Crippen LogP contribution is 2.47. The molecule has 2 aromatic rings. The number of benzene rings is 2. The zero-order valence-electron chi connectivity index (χ0n) is 13.0.